The van der Waals surface area contributed by atoms with E-state index in [1.165, 1.54) is 12.3 Å². The topological polar surface area (TPSA) is 65.8 Å². The van der Waals surface area contributed by atoms with Gasteiger partial charge in [-0.1, -0.05) is 5.11 Å². The van der Waals surface area contributed by atoms with Gasteiger partial charge in [0, 0.05) is 21.6 Å². The summed E-state index contributed by atoms with van der Waals surface area (Å²) in [7, 11) is -1.31. The van der Waals surface area contributed by atoms with Crippen molar-refractivity contribution in [2.75, 3.05) is 6.26 Å². The molecule has 1 aromatic carbocycles. The lowest BCUT2D eigenvalue weighted by Crippen LogP contribution is -1.99. The fourth-order valence-electron chi connectivity index (χ4n) is 1.09. The quantitative estimate of drug-likeness (QED) is 0.479. The summed E-state index contributed by atoms with van der Waals surface area (Å²) < 4.78 is 25.1. The van der Waals surface area contributed by atoms with Crippen molar-refractivity contribution in [1.29, 1.82) is 0 Å². The second-order valence-electron chi connectivity index (χ2n) is 2.68. The molecule has 15 heavy (non-hydrogen) atoms. The summed E-state index contributed by atoms with van der Waals surface area (Å²) in [5.41, 5.74) is 8.34. The third kappa shape index (κ3) is 2.77. The van der Waals surface area contributed by atoms with Crippen LogP contribution in [0.3, 0.4) is 0 Å². The number of nitrogens with zero attached hydrogens (tertiary/aromatic N) is 3. The van der Waals surface area contributed by atoms with Crippen molar-refractivity contribution in [3.05, 3.63) is 38.4 Å². The molecule has 0 aliphatic rings. The monoisotopic (exact) mass is 291 g/mol. The highest BCUT2D eigenvalue weighted by molar-refractivity contribution is 9.10. The molecule has 0 aliphatic heterocycles. The van der Waals surface area contributed by atoms with Gasteiger partial charge in [0.15, 0.2) is 0 Å². The maximum absolute atomic E-state index is 13.6. The molecule has 0 spiro atoms. The van der Waals surface area contributed by atoms with Crippen LogP contribution in [-0.4, -0.2) is 10.5 Å². The van der Waals surface area contributed by atoms with Gasteiger partial charge < -0.3 is 0 Å². The number of hydrogen-bond donors (Lipinski definition) is 0. The Bertz CT molecular complexity index is 459. The molecule has 7 heteroatoms. The molecule has 0 fully saturated rings. The molecule has 0 N–H and O–H groups in total. The van der Waals surface area contributed by atoms with Gasteiger partial charge in [0.25, 0.3) is 0 Å². The Hall–Kier alpha value is -0.910. The lowest BCUT2D eigenvalue weighted by molar-refractivity contribution is 0.596. The van der Waals surface area contributed by atoms with E-state index >= 15 is 0 Å². The Morgan fingerprint density at radius 1 is 1.67 bits per heavy atom. The van der Waals surface area contributed by atoms with E-state index in [0.717, 1.165) is 0 Å². The maximum atomic E-state index is 13.6. The molecule has 0 aromatic heterocycles. The Kier molecular flexibility index (Phi) is 4.26. The van der Waals surface area contributed by atoms with Crippen molar-refractivity contribution in [1.82, 2.24) is 0 Å². The number of hydrogen-bond acceptors (Lipinski definition) is 2. The van der Waals surface area contributed by atoms with Crippen molar-refractivity contribution in [2.45, 2.75) is 11.4 Å². The van der Waals surface area contributed by atoms with Gasteiger partial charge in [-0.2, -0.15) is 0 Å². The van der Waals surface area contributed by atoms with Crippen LogP contribution in [0, 0.1) is 5.82 Å². The standard InChI is InChI=1S/C8H7BrFN3OS/c1-15(14)7-3-2-6(9)8(10)5(7)4-12-13-11/h2-3H,4H2,1H3. The fraction of sp³-hybridized carbons (Fsp3) is 0.250. The summed E-state index contributed by atoms with van der Waals surface area (Å²) in [6, 6.07) is 3.02. The van der Waals surface area contributed by atoms with Crippen LogP contribution in [0.1, 0.15) is 5.56 Å². The van der Waals surface area contributed by atoms with Crippen LogP contribution in [0.25, 0.3) is 10.4 Å². The highest BCUT2D eigenvalue weighted by Gasteiger charge is 2.13. The first kappa shape index (κ1) is 12.2. The van der Waals surface area contributed by atoms with Gasteiger partial charge in [-0.3, -0.25) is 4.21 Å². The number of benzene rings is 1. The van der Waals surface area contributed by atoms with Crippen LogP contribution in [0.2, 0.25) is 0 Å². The number of halogens is 2. The maximum Gasteiger partial charge on any atom is 0.141 e. The molecule has 1 rings (SSSR count). The highest BCUT2D eigenvalue weighted by atomic mass is 79.9. The molecule has 1 atom stereocenters. The first-order valence-electron chi connectivity index (χ1n) is 3.89. The van der Waals surface area contributed by atoms with E-state index < -0.39 is 16.6 Å². The van der Waals surface area contributed by atoms with E-state index in [1.807, 2.05) is 0 Å². The molecule has 1 aromatic rings. The molecular formula is C8H7BrFN3OS. The second-order valence-corrected chi connectivity index (χ2v) is 4.88. The van der Waals surface area contributed by atoms with Crippen molar-refractivity contribution >= 4 is 26.7 Å². The zero-order valence-electron chi connectivity index (χ0n) is 7.78. The van der Waals surface area contributed by atoms with Crippen molar-refractivity contribution in [3.63, 3.8) is 0 Å². The predicted octanol–water partition coefficient (Wildman–Crippen LogP) is 3.14. The summed E-state index contributed by atoms with van der Waals surface area (Å²) in [6.45, 7) is -0.142. The van der Waals surface area contributed by atoms with E-state index in [2.05, 4.69) is 26.0 Å². The first-order chi connectivity index (χ1) is 7.07. The van der Waals surface area contributed by atoms with Gasteiger partial charge in [-0.05, 0) is 33.6 Å². The lowest BCUT2D eigenvalue weighted by Gasteiger charge is -2.07. The molecule has 0 heterocycles. The average Bonchev–Trinajstić information content (AvgIpc) is 2.19. The zero-order valence-corrected chi connectivity index (χ0v) is 10.2. The molecule has 80 valence electrons. The first-order valence-corrected chi connectivity index (χ1v) is 6.24. The van der Waals surface area contributed by atoms with E-state index in [-0.39, 0.29) is 16.6 Å². The second kappa shape index (κ2) is 5.25. The SMILES string of the molecule is CS(=O)c1ccc(Br)c(F)c1CN=[N+]=[N-]. The Balaban J connectivity index is 3.34. The molecule has 0 radical (unpaired) electrons. The fourth-order valence-corrected chi connectivity index (χ4v) is 2.23. The van der Waals surface area contributed by atoms with Crippen molar-refractivity contribution < 1.29 is 8.60 Å². The van der Waals surface area contributed by atoms with E-state index in [9.17, 15) is 8.60 Å². The van der Waals surface area contributed by atoms with E-state index in [0.29, 0.717) is 4.90 Å². The van der Waals surface area contributed by atoms with Gasteiger partial charge in [0.05, 0.1) is 21.8 Å². The van der Waals surface area contributed by atoms with Crippen LogP contribution in [0.15, 0.2) is 26.6 Å². The normalized spacial score (nSPS) is 11.9. The minimum Gasteiger partial charge on any atom is -0.255 e. The van der Waals surface area contributed by atoms with Crippen LogP contribution >= 0.6 is 15.9 Å². The van der Waals surface area contributed by atoms with Gasteiger partial charge in [-0.15, -0.1) is 0 Å². The van der Waals surface area contributed by atoms with Crippen LogP contribution in [-0.2, 0) is 17.3 Å². The third-order valence-corrected chi connectivity index (χ3v) is 3.37. The summed E-state index contributed by atoms with van der Waals surface area (Å²) in [5.74, 6) is -0.532. The van der Waals surface area contributed by atoms with Gasteiger partial charge in [-0.25, -0.2) is 4.39 Å². The van der Waals surface area contributed by atoms with Gasteiger partial charge >= 0.3 is 0 Å². The van der Waals surface area contributed by atoms with E-state index in [1.54, 1.807) is 6.07 Å². The Morgan fingerprint density at radius 3 is 2.87 bits per heavy atom. The van der Waals surface area contributed by atoms with Gasteiger partial charge in [0.2, 0.25) is 0 Å². The summed E-state index contributed by atoms with van der Waals surface area (Å²) >= 11 is 3.01. The smallest absolute Gasteiger partial charge is 0.141 e. The highest BCUT2D eigenvalue weighted by Crippen LogP contribution is 2.25. The van der Waals surface area contributed by atoms with Crippen molar-refractivity contribution in [2.24, 2.45) is 5.11 Å². The number of azide groups is 1. The third-order valence-electron chi connectivity index (χ3n) is 1.75. The van der Waals surface area contributed by atoms with Crippen LogP contribution < -0.4 is 0 Å². The minimum absolute atomic E-state index is 0.142. The molecule has 0 aliphatic carbocycles. The zero-order chi connectivity index (χ0) is 11.4. The van der Waals surface area contributed by atoms with Crippen molar-refractivity contribution in [3.8, 4) is 0 Å². The molecule has 0 bridgehead atoms. The number of rotatable bonds is 3. The molecule has 0 amide bonds. The van der Waals surface area contributed by atoms with Crippen LogP contribution in [0.4, 0.5) is 4.39 Å². The molecule has 0 saturated carbocycles. The van der Waals surface area contributed by atoms with E-state index in [4.69, 9.17) is 5.53 Å². The summed E-state index contributed by atoms with van der Waals surface area (Å²) in [6.07, 6.45) is 1.45. The van der Waals surface area contributed by atoms with Gasteiger partial charge in [0.1, 0.15) is 5.82 Å². The molecule has 1 unspecified atom stereocenters. The Morgan fingerprint density at radius 2 is 2.33 bits per heavy atom. The minimum atomic E-state index is -1.31. The Labute approximate surface area is 96.7 Å². The summed E-state index contributed by atoms with van der Waals surface area (Å²) in [5, 5.41) is 3.27. The average molecular weight is 292 g/mol. The molecule has 0 saturated heterocycles. The predicted molar refractivity (Wildman–Crippen MR) is 59.3 cm³/mol. The van der Waals surface area contributed by atoms with Crippen LogP contribution in [0.5, 0.6) is 0 Å². The lowest BCUT2D eigenvalue weighted by atomic mass is 10.2. The largest absolute Gasteiger partial charge is 0.255 e. The summed E-state index contributed by atoms with van der Waals surface area (Å²) in [4.78, 5) is 2.90. The molecule has 4 nitrogen and oxygen atoms in total. The molecular weight excluding hydrogens is 285 g/mol.